The molecule has 0 fully saturated rings. The molecule has 0 aliphatic carbocycles. The van der Waals surface area contributed by atoms with Gasteiger partial charge in [-0.25, -0.2) is 0 Å². The summed E-state index contributed by atoms with van der Waals surface area (Å²) in [6, 6.07) is 0. The molecule has 5 heteroatoms. The summed E-state index contributed by atoms with van der Waals surface area (Å²) in [5.41, 5.74) is 0. The standard InChI is InChI=1S/C6H10N2O2.ClH/c1-10-6(9)5-2-7-4-8-3-5;/h4-5H,2-3H2,1H3,(H,7,8);1H. The third-order valence-electron chi connectivity index (χ3n) is 1.41. The van der Waals surface area contributed by atoms with Crippen LogP contribution >= 0.6 is 12.4 Å². The van der Waals surface area contributed by atoms with Gasteiger partial charge in [-0.1, -0.05) is 0 Å². The smallest absolute Gasteiger partial charge is 0.312 e. The summed E-state index contributed by atoms with van der Waals surface area (Å²) >= 11 is 0. The van der Waals surface area contributed by atoms with Crippen molar-refractivity contribution in [3.63, 3.8) is 0 Å². The SMILES string of the molecule is COC(=O)C1CN=CNC1.Cl. The van der Waals surface area contributed by atoms with Crippen molar-refractivity contribution in [1.29, 1.82) is 0 Å². The van der Waals surface area contributed by atoms with Crippen LogP contribution in [-0.2, 0) is 9.53 Å². The Balaban J connectivity index is 0.000001000. The van der Waals surface area contributed by atoms with Gasteiger partial charge in [0.05, 0.1) is 25.9 Å². The molecule has 0 aromatic heterocycles. The van der Waals surface area contributed by atoms with Crippen molar-refractivity contribution < 1.29 is 9.53 Å². The second-order valence-electron chi connectivity index (χ2n) is 2.12. The maximum Gasteiger partial charge on any atom is 0.312 e. The number of rotatable bonds is 1. The molecule has 0 aromatic carbocycles. The second-order valence-corrected chi connectivity index (χ2v) is 2.12. The number of nitrogens with zero attached hydrogens (tertiary/aromatic N) is 1. The summed E-state index contributed by atoms with van der Waals surface area (Å²) in [5.74, 6) is -0.292. The van der Waals surface area contributed by atoms with Gasteiger partial charge >= 0.3 is 5.97 Å². The molecule has 0 aromatic rings. The highest BCUT2D eigenvalue weighted by Gasteiger charge is 2.19. The van der Waals surface area contributed by atoms with Crippen LogP contribution in [0.5, 0.6) is 0 Å². The maximum atomic E-state index is 10.8. The number of hydrogen-bond acceptors (Lipinski definition) is 4. The van der Waals surface area contributed by atoms with E-state index in [0.717, 1.165) is 0 Å². The molecule has 0 amide bonds. The van der Waals surface area contributed by atoms with E-state index in [-0.39, 0.29) is 24.3 Å². The van der Waals surface area contributed by atoms with Crippen molar-refractivity contribution in [2.45, 2.75) is 0 Å². The molecule has 0 bridgehead atoms. The van der Waals surface area contributed by atoms with Crippen LogP contribution in [0.3, 0.4) is 0 Å². The quantitative estimate of drug-likeness (QED) is 0.568. The highest BCUT2D eigenvalue weighted by molar-refractivity contribution is 5.85. The first-order valence-electron chi connectivity index (χ1n) is 3.14. The van der Waals surface area contributed by atoms with Crippen LogP contribution in [0.15, 0.2) is 4.99 Å². The topological polar surface area (TPSA) is 50.7 Å². The Morgan fingerprint density at radius 3 is 3.00 bits per heavy atom. The molecule has 4 nitrogen and oxygen atoms in total. The summed E-state index contributed by atoms with van der Waals surface area (Å²) in [6.45, 7) is 1.18. The number of methoxy groups -OCH3 is 1. The van der Waals surface area contributed by atoms with Gasteiger partial charge < -0.3 is 10.1 Å². The van der Waals surface area contributed by atoms with Crippen LogP contribution in [0.2, 0.25) is 0 Å². The highest BCUT2D eigenvalue weighted by atomic mass is 35.5. The number of esters is 1. The van der Waals surface area contributed by atoms with Gasteiger partial charge in [-0.15, -0.1) is 12.4 Å². The largest absolute Gasteiger partial charge is 0.469 e. The first kappa shape index (κ1) is 10.2. The summed E-state index contributed by atoms with van der Waals surface area (Å²) in [4.78, 5) is 14.7. The lowest BCUT2D eigenvalue weighted by Gasteiger charge is -2.15. The van der Waals surface area contributed by atoms with Gasteiger partial charge in [0, 0.05) is 6.54 Å². The summed E-state index contributed by atoms with van der Waals surface area (Å²) in [7, 11) is 1.39. The van der Waals surface area contributed by atoms with Crippen LogP contribution in [0.1, 0.15) is 0 Å². The molecule has 64 valence electrons. The molecule has 1 N–H and O–H groups in total. The van der Waals surface area contributed by atoms with Crippen molar-refractivity contribution in [2.24, 2.45) is 10.9 Å². The van der Waals surface area contributed by atoms with E-state index in [1.807, 2.05) is 0 Å². The zero-order valence-corrected chi connectivity index (χ0v) is 7.06. The van der Waals surface area contributed by atoms with Crippen LogP contribution in [0.4, 0.5) is 0 Å². The molecular weight excluding hydrogens is 168 g/mol. The molecule has 1 atom stereocenters. The van der Waals surface area contributed by atoms with Gasteiger partial charge in [-0.05, 0) is 0 Å². The lowest BCUT2D eigenvalue weighted by Crippen LogP contribution is -2.34. The van der Waals surface area contributed by atoms with Gasteiger partial charge in [0.2, 0.25) is 0 Å². The summed E-state index contributed by atoms with van der Waals surface area (Å²) in [5, 5.41) is 2.86. The monoisotopic (exact) mass is 178 g/mol. The highest BCUT2D eigenvalue weighted by Crippen LogP contribution is 2.00. The number of aliphatic imine (C=N–C) groups is 1. The van der Waals surface area contributed by atoms with Crippen molar-refractivity contribution in [1.82, 2.24) is 5.32 Å². The number of halogens is 1. The number of hydrogen-bond donors (Lipinski definition) is 1. The fourth-order valence-electron chi connectivity index (χ4n) is 0.829. The van der Waals surface area contributed by atoms with E-state index in [1.54, 1.807) is 6.34 Å². The van der Waals surface area contributed by atoms with Crippen molar-refractivity contribution >= 4 is 24.7 Å². The van der Waals surface area contributed by atoms with Crippen LogP contribution in [-0.4, -0.2) is 32.5 Å². The van der Waals surface area contributed by atoms with Crippen LogP contribution in [0, 0.1) is 5.92 Å². The Labute approximate surface area is 71.4 Å². The average molecular weight is 179 g/mol. The Morgan fingerprint density at radius 1 is 1.82 bits per heavy atom. The average Bonchev–Trinajstić information content (AvgIpc) is 2.05. The molecule has 0 saturated heterocycles. The Morgan fingerprint density at radius 2 is 2.55 bits per heavy atom. The third-order valence-corrected chi connectivity index (χ3v) is 1.41. The minimum Gasteiger partial charge on any atom is -0.469 e. The van der Waals surface area contributed by atoms with Crippen molar-refractivity contribution in [3.8, 4) is 0 Å². The minimum absolute atomic E-state index is 0. The maximum absolute atomic E-state index is 10.8. The fourth-order valence-corrected chi connectivity index (χ4v) is 0.829. The third kappa shape index (κ3) is 2.76. The van der Waals surface area contributed by atoms with Gasteiger partial charge in [-0.3, -0.25) is 9.79 Å². The molecule has 0 spiro atoms. The van der Waals surface area contributed by atoms with E-state index in [9.17, 15) is 4.79 Å². The van der Waals surface area contributed by atoms with E-state index in [2.05, 4.69) is 15.0 Å². The van der Waals surface area contributed by atoms with Gasteiger partial charge in [0.1, 0.15) is 0 Å². The number of carbonyl (C=O) groups is 1. The Bertz CT molecular complexity index is 161. The molecule has 1 heterocycles. The fraction of sp³-hybridized carbons (Fsp3) is 0.667. The van der Waals surface area contributed by atoms with Gasteiger partial charge in [0.25, 0.3) is 0 Å². The summed E-state index contributed by atoms with van der Waals surface area (Å²) < 4.78 is 4.54. The normalized spacial score (nSPS) is 21.4. The van der Waals surface area contributed by atoms with Gasteiger partial charge in [0.15, 0.2) is 0 Å². The molecular formula is C6H11ClN2O2. The molecule has 1 aliphatic heterocycles. The predicted molar refractivity (Wildman–Crippen MR) is 44.1 cm³/mol. The minimum atomic E-state index is -0.190. The van der Waals surface area contributed by atoms with Crippen LogP contribution < -0.4 is 5.32 Å². The predicted octanol–water partition coefficient (Wildman–Crippen LogP) is -0.171. The van der Waals surface area contributed by atoms with E-state index < -0.39 is 0 Å². The number of ether oxygens (including phenoxy) is 1. The second kappa shape index (κ2) is 4.96. The van der Waals surface area contributed by atoms with Crippen LogP contribution in [0.25, 0.3) is 0 Å². The van der Waals surface area contributed by atoms with E-state index in [4.69, 9.17) is 0 Å². The zero-order chi connectivity index (χ0) is 7.40. The molecule has 0 radical (unpaired) electrons. The molecule has 1 aliphatic rings. The number of nitrogens with one attached hydrogen (secondary N) is 1. The lowest BCUT2D eigenvalue weighted by molar-refractivity contribution is -0.144. The first-order chi connectivity index (χ1) is 4.84. The van der Waals surface area contributed by atoms with Gasteiger partial charge in [-0.2, -0.15) is 0 Å². The summed E-state index contributed by atoms with van der Waals surface area (Å²) in [6.07, 6.45) is 1.61. The molecule has 0 saturated carbocycles. The van der Waals surface area contributed by atoms with E-state index in [1.165, 1.54) is 7.11 Å². The number of carbonyl (C=O) groups excluding carboxylic acids is 1. The van der Waals surface area contributed by atoms with Crippen molar-refractivity contribution in [3.05, 3.63) is 0 Å². The first-order valence-corrected chi connectivity index (χ1v) is 3.14. The lowest BCUT2D eigenvalue weighted by atomic mass is 10.1. The molecule has 11 heavy (non-hydrogen) atoms. The zero-order valence-electron chi connectivity index (χ0n) is 6.24. The van der Waals surface area contributed by atoms with E-state index >= 15 is 0 Å². The Hall–Kier alpha value is -0.770. The van der Waals surface area contributed by atoms with Crippen molar-refractivity contribution in [2.75, 3.05) is 20.2 Å². The molecule has 1 unspecified atom stereocenters. The van der Waals surface area contributed by atoms with E-state index in [0.29, 0.717) is 13.1 Å². The Kier molecular flexibility index (Phi) is 4.61. The molecule has 1 rings (SSSR count).